The molecule has 2 aliphatic carbocycles. The fourth-order valence-corrected chi connectivity index (χ4v) is 12.2. The van der Waals surface area contributed by atoms with E-state index in [4.69, 9.17) is 9.97 Å². The third-order valence-corrected chi connectivity index (χ3v) is 15.6. The molecular weight excluding hydrogens is 773 g/mol. The summed E-state index contributed by atoms with van der Waals surface area (Å²) in [5.41, 5.74) is 19.4. The van der Waals surface area contributed by atoms with Crippen LogP contribution in [-0.2, 0) is 10.8 Å². The van der Waals surface area contributed by atoms with Gasteiger partial charge in [0.15, 0.2) is 0 Å². The van der Waals surface area contributed by atoms with E-state index in [1.165, 1.54) is 184 Å². The zero-order valence-electron chi connectivity index (χ0n) is 39.6. The van der Waals surface area contributed by atoms with Crippen molar-refractivity contribution in [2.24, 2.45) is 0 Å². The molecule has 0 aliphatic heterocycles. The minimum Gasteiger partial charge on any atom is -0.254 e. The Hall–Kier alpha value is -5.08. The molecule has 2 heteroatoms. The number of pyridine rings is 2. The summed E-state index contributed by atoms with van der Waals surface area (Å²) in [5, 5.41) is 2.32. The second-order valence-corrected chi connectivity index (χ2v) is 19.6. The molecule has 2 aromatic heterocycles. The number of hydrogen-bond acceptors (Lipinski definition) is 2. The molecule has 7 aromatic rings. The van der Waals surface area contributed by atoms with Crippen LogP contribution < -0.4 is 0 Å². The van der Waals surface area contributed by atoms with Crippen molar-refractivity contribution in [2.75, 3.05) is 0 Å². The number of nitrogens with zero attached hydrogens (tertiary/aromatic N) is 2. The Morgan fingerprint density at radius 1 is 0.344 bits per heavy atom. The first-order valence-electron chi connectivity index (χ1n) is 25.7. The molecular formula is C62H72N2. The highest BCUT2D eigenvalue weighted by Crippen LogP contribution is 2.58. The van der Waals surface area contributed by atoms with E-state index in [-0.39, 0.29) is 10.8 Å². The number of hydrogen-bond donors (Lipinski definition) is 0. The van der Waals surface area contributed by atoms with E-state index in [1.54, 1.807) is 16.7 Å². The van der Waals surface area contributed by atoms with Crippen LogP contribution in [0.4, 0.5) is 0 Å². The van der Waals surface area contributed by atoms with Gasteiger partial charge >= 0.3 is 0 Å². The normalized spacial score (nSPS) is 14.2. The first kappa shape index (κ1) is 44.1. The highest BCUT2D eigenvalue weighted by atomic mass is 14.7. The van der Waals surface area contributed by atoms with Gasteiger partial charge in [-0.1, -0.05) is 203 Å². The first-order valence-corrected chi connectivity index (χ1v) is 25.7. The van der Waals surface area contributed by atoms with Gasteiger partial charge in [0.05, 0.1) is 11.0 Å². The van der Waals surface area contributed by atoms with Crippen molar-refractivity contribution in [3.8, 4) is 44.5 Å². The Morgan fingerprint density at radius 2 is 0.781 bits per heavy atom. The van der Waals surface area contributed by atoms with Crippen LogP contribution in [-0.4, -0.2) is 9.97 Å². The Labute approximate surface area is 385 Å². The van der Waals surface area contributed by atoms with Crippen LogP contribution in [0.2, 0.25) is 0 Å². The van der Waals surface area contributed by atoms with Crippen LogP contribution >= 0.6 is 0 Å². The molecule has 2 heterocycles. The topological polar surface area (TPSA) is 25.8 Å². The van der Waals surface area contributed by atoms with E-state index in [2.05, 4.69) is 137 Å². The van der Waals surface area contributed by atoms with E-state index < -0.39 is 0 Å². The van der Waals surface area contributed by atoms with Crippen LogP contribution in [0.25, 0.3) is 66.3 Å². The largest absolute Gasteiger partial charge is 0.254 e. The van der Waals surface area contributed by atoms with E-state index >= 15 is 0 Å². The Bertz CT molecular complexity index is 2680. The molecule has 0 unspecified atom stereocenters. The Kier molecular flexibility index (Phi) is 13.8. The number of benzene rings is 5. The van der Waals surface area contributed by atoms with Gasteiger partial charge in [-0.25, -0.2) is 0 Å². The summed E-state index contributed by atoms with van der Waals surface area (Å²) in [6.07, 6.45) is 29.3. The molecule has 5 aromatic carbocycles. The lowest BCUT2D eigenvalue weighted by molar-refractivity contribution is 0.401. The van der Waals surface area contributed by atoms with Crippen LogP contribution in [0.15, 0.2) is 122 Å². The van der Waals surface area contributed by atoms with E-state index in [1.807, 2.05) is 12.4 Å². The van der Waals surface area contributed by atoms with Gasteiger partial charge in [0.2, 0.25) is 0 Å². The van der Waals surface area contributed by atoms with E-state index in [9.17, 15) is 0 Å². The lowest BCUT2D eigenvalue weighted by atomic mass is 9.69. The smallest absolute Gasteiger partial charge is 0.0970 e. The quantitative estimate of drug-likeness (QED) is 0.0502. The molecule has 9 rings (SSSR count). The minimum absolute atomic E-state index is 0.0418. The van der Waals surface area contributed by atoms with Crippen molar-refractivity contribution in [3.05, 3.63) is 144 Å². The Morgan fingerprint density at radius 3 is 1.31 bits per heavy atom. The van der Waals surface area contributed by atoms with Gasteiger partial charge in [0.1, 0.15) is 0 Å². The fraction of sp³-hybridized carbons (Fsp3) is 0.419. The molecule has 0 N–H and O–H groups in total. The lowest BCUT2D eigenvalue weighted by Crippen LogP contribution is -2.26. The van der Waals surface area contributed by atoms with Crippen LogP contribution in [0.3, 0.4) is 0 Å². The maximum Gasteiger partial charge on any atom is 0.0970 e. The van der Waals surface area contributed by atoms with Gasteiger partial charge in [0.25, 0.3) is 0 Å². The van der Waals surface area contributed by atoms with Crippen molar-refractivity contribution >= 4 is 21.8 Å². The molecule has 330 valence electrons. The summed E-state index contributed by atoms with van der Waals surface area (Å²) in [4.78, 5) is 9.70. The summed E-state index contributed by atoms with van der Waals surface area (Å²) in [7, 11) is 0. The van der Waals surface area contributed by atoms with Crippen LogP contribution in [0.1, 0.15) is 178 Å². The van der Waals surface area contributed by atoms with Gasteiger partial charge in [-0.05, 0) is 129 Å². The molecule has 0 atom stereocenters. The van der Waals surface area contributed by atoms with Gasteiger partial charge in [0, 0.05) is 34.0 Å². The molecule has 0 bridgehead atoms. The summed E-state index contributed by atoms with van der Waals surface area (Å²) >= 11 is 0. The zero-order chi connectivity index (χ0) is 43.9. The predicted molar refractivity (Wildman–Crippen MR) is 275 cm³/mol. The minimum atomic E-state index is -0.0418. The molecule has 0 radical (unpaired) electrons. The maximum atomic E-state index is 4.91. The van der Waals surface area contributed by atoms with Crippen molar-refractivity contribution in [2.45, 2.75) is 167 Å². The molecule has 0 fully saturated rings. The second kappa shape index (κ2) is 20.0. The van der Waals surface area contributed by atoms with Crippen molar-refractivity contribution in [1.82, 2.24) is 9.97 Å². The lowest BCUT2D eigenvalue weighted by Gasteiger charge is -2.34. The monoisotopic (exact) mass is 845 g/mol. The van der Waals surface area contributed by atoms with E-state index in [0.717, 1.165) is 16.4 Å². The van der Waals surface area contributed by atoms with E-state index in [0.29, 0.717) is 0 Å². The third-order valence-electron chi connectivity index (χ3n) is 15.6. The molecule has 64 heavy (non-hydrogen) atoms. The van der Waals surface area contributed by atoms with Crippen LogP contribution in [0.5, 0.6) is 0 Å². The number of fused-ring (bicyclic) bond motifs is 9. The molecule has 0 saturated carbocycles. The number of unbranched alkanes of at least 4 members (excludes halogenated alkanes) is 12. The van der Waals surface area contributed by atoms with Gasteiger partial charge in [-0.2, -0.15) is 0 Å². The molecule has 2 aliphatic rings. The summed E-state index contributed by atoms with van der Waals surface area (Å²) in [5.74, 6) is 0. The number of aromatic nitrogens is 2. The average molecular weight is 845 g/mol. The second-order valence-electron chi connectivity index (χ2n) is 19.6. The van der Waals surface area contributed by atoms with Crippen molar-refractivity contribution in [1.29, 1.82) is 0 Å². The molecule has 0 amide bonds. The number of rotatable bonds is 22. The summed E-state index contributed by atoms with van der Waals surface area (Å²) in [6, 6.07) is 43.1. The average Bonchev–Trinajstić information content (AvgIpc) is 3.77. The third kappa shape index (κ3) is 8.25. The SMILES string of the molecule is CCCCCCC1(CCCCCC)c2ccccc2-c2ccc(-c3ccc4c(c3)C(CCCCCC)(CCCCCC)c3cc(-c5cc6cccnc6c6ncccc56)ccc3-4)cc21. The first-order chi connectivity index (χ1) is 31.6. The summed E-state index contributed by atoms with van der Waals surface area (Å²) in [6.45, 7) is 9.37. The highest BCUT2D eigenvalue weighted by molar-refractivity contribution is 6.10. The van der Waals surface area contributed by atoms with Crippen LogP contribution in [0, 0.1) is 0 Å². The standard InChI is InChI=1S/C62H72N2/c1-5-9-13-19-35-61(36-20-14-10-6-2)55-28-18-17-26-49(55)50-32-29-45(42-56(50)61)46-30-33-51-52-34-31-47(54-41-48-25-23-39-63-59(48)60-53(54)27-24-40-64-60)44-58(52)62(57(51)43-46,37-21-15-11-7-3)38-22-16-12-8-4/h17-18,23-34,39-44H,5-16,19-22,35-38H2,1-4H3. The zero-order valence-corrected chi connectivity index (χ0v) is 39.6. The van der Waals surface area contributed by atoms with Crippen molar-refractivity contribution < 1.29 is 0 Å². The highest BCUT2D eigenvalue weighted by Gasteiger charge is 2.44. The van der Waals surface area contributed by atoms with Gasteiger partial charge in [-0.3, -0.25) is 9.97 Å². The fourth-order valence-electron chi connectivity index (χ4n) is 12.2. The van der Waals surface area contributed by atoms with Crippen molar-refractivity contribution in [3.63, 3.8) is 0 Å². The van der Waals surface area contributed by atoms with Gasteiger partial charge < -0.3 is 0 Å². The van der Waals surface area contributed by atoms with Gasteiger partial charge in [-0.15, -0.1) is 0 Å². The molecule has 2 nitrogen and oxygen atoms in total. The maximum absolute atomic E-state index is 4.91. The Balaban J connectivity index is 1.18. The molecule has 0 spiro atoms. The molecule has 0 saturated heterocycles. The predicted octanol–water partition coefficient (Wildman–Crippen LogP) is 18.5. The summed E-state index contributed by atoms with van der Waals surface area (Å²) < 4.78 is 0.